The van der Waals surface area contributed by atoms with Crippen molar-refractivity contribution in [2.45, 2.75) is 184 Å². The van der Waals surface area contributed by atoms with Gasteiger partial charge in [-0.2, -0.15) is 0 Å². The van der Waals surface area contributed by atoms with Crippen LogP contribution in [0.4, 0.5) is 0 Å². The predicted octanol–water partition coefficient (Wildman–Crippen LogP) is 1.17. The van der Waals surface area contributed by atoms with E-state index in [4.69, 9.17) is 11.5 Å². The number of aromatic hydroxyl groups is 2. The maximum absolute atomic E-state index is 14.6. The zero-order valence-electron chi connectivity index (χ0n) is 68.5. The number of carbonyl (C=O) groups excluding carboxylic acids is 14. The van der Waals surface area contributed by atoms with Crippen LogP contribution in [0.2, 0.25) is 0 Å². The van der Waals surface area contributed by atoms with E-state index >= 15 is 0 Å². The number of carbonyl (C=O) groups is 15. The molecule has 0 saturated carbocycles. The van der Waals surface area contributed by atoms with Gasteiger partial charge < -0.3 is 100 Å². The van der Waals surface area contributed by atoms with Gasteiger partial charge in [0, 0.05) is 104 Å². The van der Waals surface area contributed by atoms with Crippen LogP contribution in [-0.2, 0) is 111 Å². The van der Waals surface area contributed by atoms with Gasteiger partial charge in [-0.15, -0.1) is 0 Å². The molecule has 2 heterocycles. The fourth-order valence-electron chi connectivity index (χ4n) is 14.3. The van der Waals surface area contributed by atoms with Crippen LogP contribution < -0.4 is 75.3 Å². The van der Waals surface area contributed by atoms with Gasteiger partial charge in [-0.05, 0) is 139 Å². The van der Waals surface area contributed by atoms with Gasteiger partial charge in [0.25, 0.3) is 0 Å². The van der Waals surface area contributed by atoms with E-state index in [-0.39, 0.29) is 158 Å². The molecule has 2 aliphatic heterocycles. The highest BCUT2D eigenvalue weighted by molar-refractivity contribution is 5.98. The van der Waals surface area contributed by atoms with Crippen LogP contribution in [0.1, 0.15) is 136 Å². The van der Waals surface area contributed by atoms with Crippen molar-refractivity contribution in [1.29, 1.82) is 0 Å². The molecule has 6 aromatic rings. The lowest BCUT2D eigenvalue weighted by Crippen LogP contribution is -2.58. The van der Waals surface area contributed by atoms with E-state index in [2.05, 4.69) is 63.8 Å². The Bertz CT molecular complexity index is 4550. The van der Waals surface area contributed by atoms with Crippen molar-refractivity contribution in [3.05, 3.63) is 179 Å². The van der Waals surface area contributed by atoms with Gasteiger partial charge in [-0.25, -0.2) is 4.79 Å². The molecule has 0 radical (unpaired) electrons. The first kappa shape index (κ1) is 94.6. The molecule has 0 unspecified atom stereocenters. The summed E-state index contributed by atoms with van der Waals surface area (Å²) in [5.74, 6) is -8.00. The number of nitrogens with two attached hydrogens (primary N) is 2. The molecular formula is C88H114N16O18. The number of carboxylic acid groups (broad SMARTS) is 1. The normalized spacial score (nSPS) is 14.6. The third kappa shape index (κ3) is 32.7. The van der Waals surface area contributed by atoms with E-state index in [1.807, 2.05) is 72.8 Å². The summed E-state index contributed by atoms with van der Waals surface area (Å²) in [6.45, 7) is -0.0612. The monoisotopic (exact) mass is 1680 g/mol. The Morgan fingerprint density at radius 3 is 1.46 bits per heavy atom. The topological polar surface area (TPSA) is 520 Å². The Kier molecular flexibility index (Phi) is 39.0. The second-order valence-electron chi connectivity index (χ2n) is 30.4. The van der Waals surface area contributed by atoms with Gasteiger partial charge in [0.15, 0.2) is 0 Å². The number of phenols is 2. The number of hydrogen-bond donors (Lipinski definition) is 17. The molecular weight excluding hydrogens is 1570 g/mol. The van der Waals surface area contributed by atoms with Crippen LogP contribution in [-0.4, -0.2) is 222 Å². The van der Waals surface area contributed by atoms with Crippen molar-refractivity contribution in [2.75, 3.05) is 65.4 Å². The summed E-state index contributed by atoms with van der Waals surface area (Å²) in [6, 6.07) is 34.7. The molecule has 34 nitrogen and oxygen atoms in total. The molecule has 0 aliphatic carbocycles. The Morgan fingerprint density at radius 2 is 0.852 bits per heavy atom. The smallest absolute Gasteiger partial charge is 0.326 e. The number of likely N-dealkylation sites (tertiary alicyclic amines) is 1. The molecule has 19 N–H and O–H groups in total. The minimum atomic E-state index is -1.24. The van der Waals surface area contributed by atoms with Gasteiger partial charge in [-0.3, -0.25) is 67.1 Å². The summed E-state index contributed by atoms with van der Waals surface area (Å²) < 4.78 is 0. The van der Waals surface area contributed by atoms with Crippen LogP contribution in [0.5, 0.6) is 11.5 Å². The van der Waals surface area contributed by atoms with Crippen molar-refractivity contribution >= 4 is 99.4 Å². The van der Waals surface area contributed by atoms with Crippen molar-refractivity contribution in [3.63, 3.8) is 0 Å². The molecule has 8 rings (SSSR count). The first-order valence-corrected chi connectivity index (χ1v) is 41.6. The number of aliphatic carboxylic acids is 1. The van der Waals surface area contributed by atoms with Gasteiger partial charge in [0.2, 0.25) is 82.7 Å². The first-order chi connectivity index (χ1) is 58.8. The Labute approximate surface area is 708 Å². The van der Waals surface area contributed by atoms with Crippen molar-refractivity contribution in [1.82, 2.24) is 73.6 Å². The Hall–Kier alpha value is -12.9. The molecule has 0 aromatic heterocycles. The SMILES string of the molecule is N[C@@H](Cc1ccc(O)cc1)C(=O)N1Cc2ccccc2C[C@@H]1C(=O)NCC(=O)NCC(=O)NCCCCCC(=O)NCCC(=O)N[C@H](CCCCNC(=O)CCNC(=O)CCCCCNC(=O)CCNC(=O)CNC(=O)[C@@H](Cc1cccc2ccccc12)NC(=O)[C@H](Cc1ccccc1)NC(=O)[C@@H]1CCCN1C(=O)[C@@H](N)Cc1ccc(O)cc1)C(=O)O. The summed E-state index contributed by atoms with van der Waals surface area (Å²) in [6.07, 6.45) is 5.62. The van der Waals surface area contributed by atoms with E-state index in [0.717, 1.165) is 38.6 Å². The molecule has 1 fully saturated rings. The number of hydrogen-bond acceptors (Lipinski definition) is 19. The van der Waals surface area contributed by atoms with Crippen molar-refractivity contribution in [3.8, 4) is 11.5 Å². The fraction of sp³-hybridized carbons (Fsp3) is 0.443. The van der Waals surface area contributed by atoms with E-state index in [0.29, 0.717) is 76.3 Å². The van der Waals surface area contributed by atoms with Crippen LogP contribution in [0.15, 0.2) is 146 Å². The maximum Gasteiger partial charge on any atom is 0.326 e. The van der Waals surface area contributed by atoms with E-state index in [1.165, 1.54) is 34.1 Å². The molecule has 0 spiro atoms. The number of nitrogens with one attached hydrogen (secondary N) is 12. The highest BCUT2D eigenvalue weighted by Gasteiger charge is 2.40. The number of amides is 14. The summed E-state index contributed by atoms with van der Waals surface area (Å²) in [7, 11) is 0. The second kappa shape index (κ2) is 50.3. The molecule has 34 heteroatoms. The van der Waals surface area contributed by atoms with Gasteiger partial charge in [0.05, 0.1) is 31.7 Å². The quantitative estimate of drug-likeness (QED) is 0.0238. The molecule has 1 saturated heterocycles. The summed E-state index contributed by atoms with van der Waals surface area (Å²) in [5.41, 5.74) is 17.3. The van der Waals surface area contributed by atoms with Gasteiger partial charge >= 0.3 is 5.97 Å². The molecule has 654 valence electrons. The molecule has 14 amide bonds. The lowest BCUT2D eigenvalue weighted by Gasteiger charge is -2.37. The number of nitrogens with zero attached hydrogens (tertiary/aromatic N) is 2. The molecule has 2 aliphatic rings. The van der Waals surface area contributed by atoms with E-state index in [9.17, 15) is 87.2 Å². The largest absolute Gasteiger partial charge is 0.508 e. The second-order valence-corrected chi connectivity index (χ2v) is 30.4. The molecule has 6 aromatic carbocycles. The minimum Gasteiger partial charge on any atom is -0.508 e. The number of unbranched alkanes of at least 4 members (excludes halogenated alkanes) is 5. The minimum absolute atomic E-state index is 0.00306. The lowest BCUT2D eigenvalue weighted by atomic mass is 9.92. The highest BCUT2D eigenvalue weighted by Crippen LogP contribution is 2.27. The summed E-state index contributed by atoms with van der Waals surface area (Å²) in [4.78, 5) is 200. The van der Waals surface area contributed by atoms with Crippen molar-refractivity contribution < 1.29 is 87.2 Å². The fourth-order valence-corrected chi connectivity index (χ4v) is 14.3. The third-order valence-electron chi connectivity index (χ3n) is 20.9. The van der Waals surface area contributed by atoms with Crippen LogP contribution in [0, 0.1) is 0 Å². The molecule has 7 atom stereocenters. The van der Waals surface area contributed by atoms with Crippen LogP contribution in [0.3, 0.4) is 0 Å². The number of phenolic OH excluding ortho intramolecular Hbond substituents is 2. The average Bonchev–Trinajstić information content (AvgIpc) is 1.06. The number of benzene rings is 6. The highest BCUT2D eigenvalue weighted by atomic mass is 16.4. The standard InChI is InChI=1S/C88H114N16O18/c89-67(48-58-30-34-64(105)35-31-58)86(119)103-47-17-27-72(103)85(118)102-70(50-57-18-4-1-5-19-57)83(116)101-71(51-62-24-16-23-60-20-10-11-25-66(60)62)82(115)98-54-80(113)96-45-39-77(110)91-41-13-2-6-28-74(107)94-44-38-76(109)92-43-15-12-26-69(88(121)122)100-78(111)40-46-95-75(108)29-7-3-14-42-93-79(112)53-97-81(114)55-99-84(117)73-52-61-21-8-9-22-63(61)56-104(73)87(120)68(90)49-59-32-36-65(106)37-33-59/h1,4-5,8-11,16,18-25,30-37,67-73,105-106H,2-3,6-7,12-15,17,26-29,38-56,89-90H2,(H,91,110)(H,92,109)(H,93,112)(H,94,107)(H,95,108)(H,96,113)(H,97,114)(H,98,115)(H,99,117)(H,100,111)(H,101,116)(H,102,118)(H,121,122)/t67-,68-,69+,70-,71+,72-,73+/m0/s1. The van der Waals surface area contributed by atoms with Gasteiger partial charge in [0.1, 0.15) is 41.7 Å². The number of fused-ring (bicyclic) bond motifs is 2. The summed E-state index contributed by atoms with van der Waals surface area (Å²) >= 11 is 0. The van der Waals surface area contributed by atoms with Crippen LogP contribution in [0.25, 0.3) is 10.8 Å². The number of rotatable bonds is 50. The predicted molar refractivity (Wildman–Crippen MR) is 452 cm³/mol. The zero-order valence-corrected chi connectivity index (χ0v) is 68.5. The number of carboxylic acids is 1. The lowest BCUT2D eigenvalue weighted by molar-refractivity contribution is -0.143. The van der Waals surface area contributed by atoms with Crippen LogP contribution >= 0.6 is 0 Å². The van der Waals surface area contributed by atoms with Crippen molar-refractivity contribution in [2.24, 2.45) is 11.5 Å². The van der Waals surface area contributed by atoms with E-state index in [1.54, 1.807) is 48.5 Å². The Morgan fingerprint density at radius 1 is 0.377 bits per heavy atom. The Balaban J connectivity index is 0.617. The zero-order chi connectivity index (χ0) is 87.7. The average molecular weight is 1680 g/mol. The third-order valence-corrected chi connectivity index (χ3v) is 20.9. The van der Waals surface area contributed by atoms with Gasteiger partial charge in [-0.1, -0.05) is 134 Å². The maximum atomic E-state index is 14.6. The summed E-state index contributed by atoms with van der Waals surface area (Å²) in [5, 5.41) is 62.9. The molecule has 122 heavy (non-hydrogen) atoms. The van der Waals surface area contributed by atoms with E-state index < -0.39 is 120 Å². The molecule has 0 bridgehead atoms. The first-order valence-electron chi connectivity index (χ1n) is 41.6.